The second kappa shape index (κ2) is 16.3. The molecule has 3 aromatic rings. The lowest BCUT2D eigenvalue weighted by atomic mass is 10.1. The fraction of sp³-hybridized carbons (Fsp3) is 0.407. The number of amides is 2. The van der Waals surface area contributed by atoms with Crippen LogP contribution in [0.5, 0.6) is 0 Å². The zero-order valence-electron chi connectivity index (χ0n) is 23.6. The number of carbonyl (C=O) groups is 3. The number of nitrogens with one attached hydrogen (secondary N) is 2. The highest BCUT2D eigenvalue weighted by molar-refractivity contribution is 7.98. The van der Waals surface area contributed by atoms with Crippen LogP contribution in [0.3, 0.4) is 0 Å². The molecule has 2 heterocycles. The molecule has 0 aliphatic heterocycles. The molecule has 0 unspecified atom stereocenters. The van der Waals surface area contributed by atoms with Crippen molar-refractivity contribution in [1.82, 2.24) is 20.1 Å². The van der Waals surface area contributed by atoms with Gasteiger partial charge in [-0.15, -0.1) is 11.8 Å². The fourth-order valence-electron chi connectivity index (χ4n) is 2.82. The SMILES string of the molecule is CC#N.CCC(=O)Nc1nc(C)c(C(=O)OC(C)(C)C)s1.CSCNC(=O)c1cccc(-c2cnn(C)c2)c1. The Morgan fingerprint density at radius 2 is 1.90 bits per heavy atom. The van der Waals surface area contributed by atoms with E-state index < -0.39 is 11.6 Å². The molecule has 0 fully saturated rings. The number of aromatic nitrogens is 3. The highest BCUT2D eigenvalue weighted by Crippen LogP contribution is 2.25. The molecule has 10 nitrogen and oxygen atoms in total. The lowest BCUT2D eigenvalue weighted by molar-refractivity contribution is -0.115. The molecule has 0 aliphatic carbocycles. The summed E-state index contributed by atoms with van der Waals surface area (Å²) in [6.45, 7) is 10.3. The van der Waals surface area contributed by atoms with Crippen LogP contribution in [0.15, 0.2) is 36.7 Å². The molecule has 12 heteroatoms. The van der Waals surface area contributed by atoms with Crippen molar-refractivity contribution in [2.75, 3.05) is 17.4 Å². The second-order valence-corrected chi connectivity index (χ2v) is 10.8. The van der Waals surface area contributed by atoms with Gasteiger partial charge in [0, 0.05) is 37.7 Å². The zero-order valence-corrected chi connectivity index (χ0v) is 25.2. The number of carbonyl (C=O) groups excluding carboxylic acids is 3. The van der Waals surface area contributed by atoms with Gasteiger partial charge in [0.2, 0.25) is 5.91 Å². The van der Waals surface area contributed by atoms with Crippen LogP contribution in [-0.4, -0.2) is 50.3 Å². The number of ether oxygens (including phenoxy) is 1. The van der Waals surface area contributed by atoms with E-state index in [1.165, 1.54) is 6.92 Å². The van der Waals surface area contributed by atoms with Crippen molar-refractivity contribution in [1.29, 1.82) is 5.26 Å². The fourth-order valence-corrected chi connectivity index (χ4v) is 3.96. The third-order valence-corrected chi connectivity index (χ3v) is 5.97. The molecular weight excluding hydrogens is 536 g/mol. The molecule has 0 saturated heterocycles. The standard InChI is InChI=1S/C13H15N3OS.C12H18N2O3S.C2H3N/c1-16-8-12(7-15-16)10-4-3-5-11(6-10)13(17)14-9-18-2;1-6-8(15)14-11-13-7(2)9(18-11)10(16)17-12(3,4)5;1-2-3/h3-8H,9H2,1-2H3,(H,14,17);6H2,1-5H3,(H,13,14,15);1H3. The van der Waals surface area contributed by atoms with E-state index in [2.05, 4.69) is 20.7 Å². The van der Waals surface area contributed by atoms with Gasteiger partial charge in [-0.2, -0.15) is 10.4 Å². The van der Waals surface area contributed by atoms with Crippen molar-refractivity contribution in [3.05, 3.63) is 52.8 Å². The van der Waals surface area contributed by atoms with E-state index in [1.807, 2.05) is 43.8 Å². The summed E-state index contributed by atoms with van der Waals surface area (Å²) >= 11 is 2.72. The van der Waals surface area contributed by atoms with Crippen LogP contribution in [0.2, 0.25) is 0 Å². The third-order valence-electron chi connectivity index (χ3n) is 4.49. The van der Waals surface area contributed by atoms with Crippen LogP contribution in [0.4, 0.5) is 5.13 Å². The maximum Gasteiger partial charge on any atom is 0.350 e. The first-order valence-corrected chi connectivity index (χ1v) is 14.2. The van der Waals surface area contributed by atoms with Crippen molar-refractivity contribution >= 4 is 46.0 Å². The maximum atomic E-state index is 11.9. The highest BCUT2D eigenvalue weighted by atomic mass is 32.2. The molecule has 0 radical (unpaired) electrons. The Kier molecular flexibility index (Phi) is 13.9. The Balaban J connectivity index is 0.000000354. The van der Waals surface area contributed by atoms with Crippen molar-refractivity contribution in [3.8, 4) is 17.2 Å². The number of anilines is 1. The topological polar surface area (TPSA) is 139 Å². The number of hydrogen-bond donors (Lipinski definition) is 2. The van der Waals surface area contributed by atoms with Crippen LogP contribution in [0.25, 0.3) is 11.1 Å². The molecule has 0 spiro atoms. The predicted molar refractivity (Wildman–Crippen MR) is 157 cm³/mol. The molecule has 210 valence electrons. The minimum absolute atomic E-state index is 0.0462. The van der Waals surface area contributed by atoms with E-state index in [1.54, 1.807) is 63.3 Å². The number of thioether (sulfide) groups is 1. The molecule has 1 aromatic carbocycles. The molecule has 2 aromatic heterocycles. The number of aryl methyl sites for hydroxylation is 2. The summed E-state index contributed by atoms with van der Waals surface area (Å²) in [7, 11) is 1.87. The summed E-state index contributed by atoms with van der Waals surface area (Å²) in [5, 5.41) is 17.3. The van der Waals surface area contributed by atoms with Gasteiger partial charge in [0.15, 0.2) is 5.13 Å². The maximum absolute atomic E-state index is 11.9. The molecule has 39 heavy (non-hydrogen) atoms. The minimum atomic E-state index is -0.541. The van der Waals surface area contributed by atoms with E-state index in [9.17, 15) is 14.4 Å². The Morgan fingerprint density at radius 1 is 1.23 bits per heavy atom. The first-order valence-electron chi connectivity index (χ1n) is 12.0. The van der Waals surface area contributed by atoms with Crippen LogP contribution >= 0.6 is 23.1 Å². The van der Waals surface area contributed by atoms with Crippen LogP contribution < -0.4 is 10.6 Å². The van der Waals surface area contributed by atoms with Gasteiger partial charge in [-0.3, -0.25) is 14.3 Å². The highest BCUT2D eigenvalue weighted by Gasteiger charge is 2.22. The molecule has 2 amide bonds. The summed E-state index contributed by atoms with van der Waals surface area (Å²) in [4.78, 5) is 39.5. The number of nitriles is 1. The van der Waals surface area contributed by atoms with E-state index in [0.717, 1.165) is 22.5 Å². The number of thiazole rings is 1. The van der Waals surface area contributed by atoms with Crippen molar-refractivity contribution in [2.24, 2.45) is 7.05 Å². The Hall–Kier alpha value is -3.69. The zero-order chi connectivity index (χ0) is 29.6. The van der Waals surface area contributed by atoms with E-state index >= 15 is 0 Å². The van der Waals surface area contributed by atoms with Gasteiger partial charge in [0.05, 0.1) is 23.8 Å². The average Bonchev–Trinajstić information content (AvgIpc) is 3.47. The number of hydrogen-bond acceptors (Lipinski definition) is 9. The van der Waals surface area contributed by atoms with Gasteiger partial charge in [-0.25, -0.2) is 9.78 Å². The van der Waals surface area contributed by atoms with E-state index in [4.69, 9.17) is 10.00 Å². The average molecular weight is 573 g/mol. The summed E-state index contributed by atoms with van der Waals surface area (Å²) in [6, 6.07) is 9.31. The minimum Gasteiger partial charge on any atom is -0.456 e. The normalized spacial score (nSPS) is 10.1. The summed E-state index contributed by atoms with van der Waals surface area (Å²) in [6.07, 6.45) is 6.05. The number of rotatable bonds is 7. The van der Waals surface area contributed by atoms with Crippen molar-refractivity contribution < 1.29 is 19.1 Å². The lowest BCUT2D eigenvalue weighted by Gasteiger charge is -2.18. The van der Waals surface area contributed by atoms with Crippen LogP contribution in [0, 0.1) is 18.3 Å². The van der Waals surface area contributed by atoms with Gasteiger partial charge in [-0.05, 0) is 51.6 Å². The lowest BCUT2D eigenvalue weighted by Crippen LogP contribution is -2.23. The summed E-state index contributed by atoms with van der Waals surface area (Å²) in [5.41, 5.74) is 2.71. The van der Waals surface area contributed by atoms with Crippen molar-refractivity contribution in [2.45, 2.75) is 53.6 Å². The number of benzene rings is 1. The van der Waals surface area contributed by atoms with Gasteiger partial charge in [-0.1, -0.05) is 30.4 Å². The van der Waals surface area contributed by atoms with Gasteiger partial charge >= 0.3 is 5.97 Å². The van der Waals surface area contributed by atoms with E-state index in [-0.39, 0.29) is 11.8 Å². The van der Waals surface area contributed by atoms with Gasteiger partial charge in [0.1, 0.15) is 10.5 Å². The van der Waals surface area contributed by atoms with Gasteiger partial charge in [0.25, 0.3) is 5.91 Å². The Labute approximate surface area is 238 Å². The summed E-state index contributed by atoms with van der Waals surface area (Å²) < 4.78 is 7.01. The molecule has 0 aliphatic rings. The molecular formula is C27H36N6O4S2. The molecule has 0 saturated carbocycles. The predicted octanol–water partition coefficient (Wildman–Crippen LogP) is 5.42. The first-order chi connectivity index (χ1) is 18.3. The summed E-state index contributed by atoms with van der Waals surface area (Å²) in [5.74, 6) is 0.0414. The molecule has 0 bridgehead atoms. The monoisotopic (exact) mass is 572 g/mol. The molecule has 0 atom stereocenters. The number of esters is 1. The molecule has 3 rings (SSSR count). The Bertz CT molecular complexity index is 1290. The number of nitrogens with zero attached hydrogens (tertiary/aromatic N) is 4. The second-order valence-electron chi connectivity index (χ2n) is 8.98. The molecule has 2 N–H and O–H groups in total. The first kappa shape index (κ1) is 33.3. The van der Waals surface area contributed by atoms with Crippen molar-refractivity contribution in [3.63, 3.8) is 0 Å². The Morgan fingerprint density at radius 3 is 2.44 bits per heavy atom. The van der Waals surface area contributed by atoms with Gasteiger partial charge < -0.3 is 15.4 Å². The van der Waals surface area contributed by atoms with Crippen LogP contribution in [0.1, 0.15) is 66.8 Å². The smallest absolute Gasteiger partial charge is 0.350 e. The quantitative estimate of drug-likeness (QED) is 0.283. The van der Waals surface area contributed by atoms with Crippen LogP contribution in [-0.2, 0) is 16.6 Å². The van der Waals surface area contributed by atoms with E-state index in [0.29, 0.717) is 33.6 Å². The third kappa shape index (κ3) is 12.1. The largest absolute Gasteiger partial charge is 0.456 e.